The zero-order chi connectivity index (χ0) is 20.1. The van der Waals surface area contributed by atoms with Crippen molar-refractivity contribution < 1.29 is 29.3 Å². The van der Waals surface area contributed by atoms with Crippen molar-refractivity contribution >= 4 is 29.2 Å². The minimum atomic E-state index is -1.33. The number of ether oxygens (including phenoxy) is 1. The first-order valence-corrected chi connectivity index (χ1v) is 7.85. The molecular formula is C18H19N3O6. The predicted molar refractivity (Wildman–Crippen MR) is 98.3 cm³/mol. The SMILES string of the molecule is COc1c(NC(=O)c2ccc(NC(=O)C(C)N)cc2)ccc(C(=O)O)c1O. The van der Waals surface area contributed by atoms with Crippen LogP contribution in [-0.4, -0.2) is 41.1 Å². The second kappa shape index (κ2) is 8.19. The van der Waals surface area contributed by atoms with Gasteiger partial charge in [0, 0.05) is 11.3 Å². The molecule has 1 atom stereocenters. The summed E-state index contributed by atoms with van der Waals surface area (Å²) in [6.45, 7) is 1.55. The summed E-state index contributed by atoms with van der Waals surface area (Å²) in [6.07, 6.45) is 0. The molecule has 2 amide bonds. The number of hydrogen-bond acceptors (Lipinski definition) is 6. The van der Waals surface area contributed by atoms with Gasteiger partial charge in [-0.2, -0.15) is 0 Å². The molecule has 27 heavy (non-hydrogen) atoms. The number of carbonyl (C=O) groups excluding carboxylic acids is 2. The molecule has 0 heterocycles. The highest BCUT2D eigenvalue weighted by Gasteiger charge is 2.19. The minimum Gasteiger partial charge on any atom is -0.504 e. The molecule has 2 rings (SSSR count). The average Bonchev–Trinajstić information content (AvgIpc) is 2.62. The normalized spacial score (nSPS) is 11.4. The fraction of sp³-hybridized carbons (Fsp3) is 0.167. The molecule has 9 heteroatoms. The summed E-state index contributed by atoms with van der Waals surface area (Å²) in [5, 5.41) is 24.1. The molecule has 0 bridgehead atoms. The molecule has 2 aromatic carbocycles. The molecule has 0 fully saturated rings. The number of carboxylic acids is 1. The number of aromatic hydroxyl groups is 1. The van der Waals surface area contributed by atoms with Crippen LogP contribution >= 0.6 is 0 Å². The molecule has 0 aromatic heterocycles. The number of carboxylic acid groups (broad SMARTS) is 1. The molecule has 2 aromatic rings. The maximum absolute atomic E-state index is 12.4. The lowest BCUT2D eigenvalue weighted by molar-refractivity contribution is -0.117. The van der Waals surface area contributed by atoms with Gasteiger partial charge in [0.05, 0.1) is 18.8 Å². The lowest BCUT2D eigenvalue weighted by Gasteiger charge is -2.13. The van der Waals surface area contributed by atoms with Crippen molar-refractivity contribution in [2.24, 2.45) is 5.73 Å². The van der Waals surface area contributed by atoms with Crippen LogP contribution in [0.1, 0.15) is 27.6 Å². The van der Waals surface area contributed by atoms with Crippen LogP contribution in [0.2, 0.25) is 0 Å². The Balaban J connectivity index is 2.19. The zero-order valence-electron chi connectivity index (χ0n) is 14.6. The van der Waals surface area contributed by atoms with Crippen LogP contribution < -0.4 is 21.1 Å². The van der Waals surface area contributed by atoms with Gasteiger partial charge in [0.25, 0.3) is 5.91 Å². The van der Waals surface area contributed by atoms with E-state index < -0.39 is 23.7 Å². The van der Waals surface area contributed by atoms with Crippen LogP contribution in [0.15, 0.2) is 36.4 Å². The topological polar surface area (TPSA) is 151 Å². The standard InChI is InChI=1S/C18H19N3O6/c1-9(19)16(23)20-11-5-3-10(4-6-11)17(24)21-13-8-7-12(18(25)26)14(22)15(13)27-2/h3-9,22H,19H2,1-2H3,(H,20,23)(H,21,24)(H,25,26). The molecule has 1 unspecified atom stereocenters. The fourth-order valence-electron chi connectivity index (χ4n) is 2.20. The molecular weight excluding hydrogens is 354 g/mol. The summed E-state index contributed by atoms with van der Waals surface area (Å²) < 4.78 is 5.00. The number of anilines is 2. The van der Waals surface area contributed by atoms with Gasteiger partial charge in [0.2, 0.25) is 5.91 Å². The molecule has 0 aliphatic rings. The van der Waals surface area contributed by atoms with Gasteiger partial charge in [0.1, 0.15) is 5.56 Å². The Morgan fingerprint density at radius 3 is 2.22 bits per heavy atom. The number of amides is 2. The van der Waals surface area contributed by atoms with Gasteiger partial charge in [-0.25, -0.2) is 4.79 Å². The Kier molecular flexibility index (Phi) is 5.99. The third-order valence-corrected chi connectivity index (χ3v) is 3.64. The Morgan fingerprint density at radius 2 is 1.70 bits per heavy atom. The van der Waals surface area contributed by atoms with E-state index in [0.717, 1.165) is 6.07 Å². The Morgan fingerprint density at radius 1 is 1.07 bits per heavy atom. The number of rotatable bonds is 6. The molecule has 142 valence electrons. The molecule has 0 aliphatic carbocycles. The van der Waals surface area contributed by atoms with Crippen molar-refractivity contribution in [1.82, 2.24) is 0 Å². The summed E-state index contributed by atoms with van der Waals surface area (Å²) in [5.74, 6) is -2.94. The summed E-state index contributed by atoms with van der Waals surface area (Å²) in [5.41, 5.74) is 5.99. The molecule has 6 N–H and O–H groups in total. The van der Waals surface area contributed by atoms with Gasteiger partial charge in [0.15, 0.2) is 11.5 Å². The number of methoxy groups -OCH3 is 1. The lowest BCUT2D eigenvalue weighted by Crippen LogP contribution is -2.32. The molecule has 0 radical (unpaired) electrons. The van der Waals surface area contributed by atoms with E-state index in [1.807, 2.05) is 0 Å². The van der Waals surface area contributed by atoms with Crippen LogP contribution in [-0.2, 0) is 4.79 Å². The van der Waals surface area contributed by atoms with Crippen molar-refractivity contribution in [1.29, 1.82) is 0 Å². The van der Waals surface area contributed by atoms with E-state index in [-0.39, 0.29) is 28.5 Å². The highest BCUT2D eigenvalue weighted by Crippen LogP contribution is 2.37. The summed E-state index contributed by atoms with van der Waals surface area (Å²) in [7, 11) is 1.24. The third kappa shape index (κ3) is 4.53. The van der Waals surface area contributed by atoms with Gasteiger partial charge in [-0.15, -0.1) is 0 Å². The molecule has 0 aliphatic heterocycles. The number of benzene rings is 2. The number of nitrogens with two attached hydrogens (primary N) is 1. The van der Waals surface area contributed by atoms with Crippen molar-refractivity contribution in [3.63, 3.8) is 0 Å². The average molecular weight is 373 g/mol. The molecule has 0 saturated heterocycles. The smallest absolute Gasteiger partial charge is 0.339 e. The van der Waals surface area contributed by atoms with Crippen LogP contribution in [0.25, 0.3) is 0 Å². The summed E-state index contributed by atoms with van der Waals surface area (Å²) in [6, 6.07) is 7.87. The van der Waals surface area contributed by atoms with Crippen molar-refractivity contribution in [3.8, 4) is 11.5 Å². The van der Waals surface area contributed by atoms with Gasteiger partial charge < -0.3 is 31.3 Å². The van der Waals surface area contributed by atoms with Gasteiger partial charge in [-0.3, -0.25) is 9.59 Å². The second-order valence-corrected chi connectivity index (χ2v) is 5.66. The Hall–Kier alpha value is -3.59. The molecule has 0 saturated carbocycles. The number of hydrogen-bond donors (Lipinski definition) is 5. The second-order valence-electron chi connectivity index (χ2n) is 5.66. The quantitative estimate of drug-likeness (QED) is 0.516. The highest BCUT2D eigenvalue weighted by atomic mass is 16.5. The lowest BCUT2D eigenvalue weighted by atomic mass is 10.1. The van der Waals surface area contributed by atoms with E-state index in [4.69, 9.17) is 15.6 Å². The Bertz CT molecular complexity index is 877. The summed E-state index contributed by atoms with van der Waals surface area (Å²) >= 11 is 0. The number of aromatic carboxylic acids is 1. The van der Waals surface area contributed by atoms with Crippen molar-refractivity contribution in [2.75, 3.05) is 17.7 Å². The first-order chi connectivity index (χ1) is 12.7. The van der Waals surface area contributed by atoms with Crippen LogP contribution in [0.3, 0.4) is 0 Å². The van der Waals surface area contributed by atoms with E-state index in [2.05, 4.69) is 10.6 Å². The van der Waals surface area contributed by atoms with E-state index in [1.54, 1.807) is 6.92 Å². The number of nitrogens with one attached hydrogen (secondary N) is 2. The van der Waals surface area contributed by atoms with Crippen LogP contribution in [0.5, 0.6) is 11.5 Å². The number of phenols is 1. The van der Waals surface area contributed by atoms with Crippen molar-refractivity contribution in [2.45, 2.75) is 13.0 Å². The number of carbonyl (C=O) groups is 3. The minimum absolute atomic E-state index is 0.110. The molecule has 9 nitrogen and oxygen atoms in total. The van der Waals surface area contributed by atoms with Crippen molar-refractivity contribution in [3.05, 3.63) is 47.5 Å². The predicted octanol–water partition coefficient (Wildman–Crippen LogP) is 1.64. The van der Waals surface area contributed by atoms with Gasteiger partial charge in [-0.1, -0.05) is 0 Å². The van der Waals surface area contributed by atoms with E-state index >= 15 is 0 Å². The van der Waals surface area contributed by atoms with E-state index in [9.17, 15) is 19.5 Å². The molecule has 0 spiro atoms. The maximum Gasteiger partial charge on any atom is 0.339 e. The Labute approximate surface area is 154 Å². The van der Waals surface area contributed by atoms with E-state index in [0.29, 0.717) is 5.69 Å². The third-order valence-electron chi connectivity index (χ3n) is 3.64. The monoisotopic (exact) mass is 373 g/mol. The van der Waals surface area contributed by atoms with E-state index in [1.165, 1.54) is 37.4 Å². The fourth-order valence-corrected chi connectivity index (χ4v) is 2.20. The van der Waals surface area contributed by atoms with Crippen LogP contribution in [0, 0.1) is 0 Å². The van der Waals surface area contributed by atoms with Gasteiger partial charge in [-0.05, 0) is 43.3 Å². The largest absolute Gasteiger partial charge is 0.504 e. The first-order valence-electron chi connectivity index (χ1n) is 7.85. The zero-order valence-corrected chi connectivity index (χ0v) is 14.6. The maximum atomic E-state index is 12.4. The van der Waals surface area contributed by atoms with Crippen LogP contribution in [0.4, 0.5) is 11.4 Å². The summed E-state index contributed by atoms with van der Waals surface area (Å²) in [4.78, 5) is 35.0. The van der Waals surface area contributed by atoms with Gasteiger partial charge >= 0.3 is 5.97 Å². The highest BCUT2D eigenvalue weighted by molar-refractivity contribution is 6.06. The first kappa shape index (κ1) is 19.7.